The number of aromatic amines is 1. The van der Waals surface area contributed by atoms with E-state index in [4.69, 9.17) is 14.2 Å². The predicted octanol–water partition coefficient (Wildman–Crippen LogP) is 6.97. The number of rotatable bonds is 12. The Labute approximate surface area is 262 Å². The molecule has 45 heavy (non-hydrogen) atoms. The first-order valence-electron chi connectivity index (χ1n) is 14.9. The van der Waals surface area contributed by atoms with E-state index in [-0.39, 0.29) is 36.1 Å². The number of hydrogen-bond donors (Lipinski definition) is 2. The number of aromatic nitrogens is 1. The van der Waals surface area contributed by atoms with E-state index >= 15 is 0 Å². The fourth-order valence-electron chi connectivity index (χ4n) is 5.16. The summed E-state index contributed by atoms with van der Waals surface area (Å²) in [6.07, 6.45) is 1.70. The lowest BCUT2D eigenvalue weighted by molar-refractivity contribution is -0.154. The molecule has 3 aromatic carbocycles. The zero-order valence-electron chi connectivity index (χ0n) is 26.6. The van der Waals surface area contributed by atoms with Crippen molar-refractivity contribution in [3.05, 3.63) is 99.3 Å². The summed E-state index contributed by atoms with van der Waals surface area (Å²) in [6.45, 7) is 7.33. The second kappa shape index (κ2) is 14.2. The molecule has 0 aliphatic heterocycles. The maximum absolute atomic E-state index is 13.6. The van der Waals surface area contributed by atoms with Crippen molar-refractivity contribution in [3.63, 3.8) is 0 Å². The van der Waals surface area contributed by atoms with E-state index in [1.807, 2.05) is 58.0 Å². The fraction of sp³-hybridized carbons (Fsp3) is 0.333. The molecule has 0 fully saturated rings. The summed E-state index contributed by atoms with van der Waals surface area (Å²) in [5, 5.41) is 3.40. The number of Topliss-reactive ketones (excluding diaryl/α,β-unsaturated/α-hetero) is 1. The fourth-order valence-corrected chi connectivity index (χ4v) is 5.16. The van der Waals surface area contributed by atoms with Crippen LogP contribution >= 0.6 is 0 Å². The second-order valence-corrected chi connectivity index (χ2v) is 12.0. The molecule has 0 bridgehead atoms. The van der Waals surface area contributed by atoms with Gasteiger partial charge in [0.1, 0.15) is 11.2 Å². The molecule has 0 spiro atoms. The van der Waals surface area contributed by atoms with Crippen LogP contribution in [-0.4, -0.2) is 42.5 Å². The highest BCUT2D eigenvalue weighted by Gasteiger charge is 2.21. The lowest BCUT2D eigenvalue weighted by atomic mass is 9.87. The highest BCUT2D eigenvalue weighted by Crippen LogP contribution is 2.32. The van der Waals surface area contributed by atoms with Gasteiger partial charge in [-0.2, -0.15) is 0 Å². The van der Waals surface area contributed by atoms with E-state index in [9.17, 15) is 19.2 Å². The Morgan fingerprint density at radius 3 is 2.27 bits per heavy atom. The van der Waals surface area contributed by atoms with Crippen molar-refractivity contribution in [2.24, 2.45) is 0 Å². The molecule has 236 valence electrons. The first-order valence-corrected chi connectivity index (χ1v) is 14.9. The standard InChI is InChI=1S/C36H40N2O7/c1-22-15-16-25(30(39)19-24(23-11-8-7-9-12-23)13-10-14-33(40)45-36(2,3)4)18-28(22)37-34(41)27-17-26-20-31(43-5)32(44-6)21-29(26)38-35(27)42/h7-9,11-12,15-18,20-21,24H,10,13-14,19H2,1-6H3,(H,37,41)(H,38,42). The predicted molar refractivity (Wildman–Crippen MR) is 175 cm³/mol. The summed E-state index contributed by atoms with van der Waals surface area (Å²) in [7, 11) is 3.01. The molecule has 9 nitrogen and oxygen atoms in total. The quantitative estimate of drug-likeness (QED) is 0.131. The minimum absolute atomic E-state index is 0.0834. The maximum Gasteiger partial charge on any atom is 0.306 e. The number of pyridine rings is 1. The number of nitrogens with one attached hydrogen (secondary N) is 2. The minimum atomic E-state index is -0.607. The number of carbonyl (C=O) groups excluding carboxylic acids is 3. The molecular weight excluding hydrogens is 572 g/mol. The average molecular weight is 613 g/mol. The molecule has 1 aromatic heterocycles. The Hall–Kier alpha value is -4.92. The summed E-state index contributed by atoms with van der Waals surface area (Å²) in [4.78, 5) is 54.7. The number of aryl methyl sites for hydroxylation is 1. The molecule has 0 aliphatic carbocycles. The van der Waals surface area contributed by atoms with Gasteiger partial charge in [0.2, 0.25) is 0 Å². The van der Waals surface area contributed by atoms with Crippen LogP contribution in [0.25, 0.3) is 10.9 Å². The van der Waals surface area contributed by atoms with Crippen LogP contribution in [0.3, 0.4) is 0 Å². The SMILES string of the molecule is COc1cc2cc(C(=O)Nc3cc(C(=O)CC(CCCC(=O)OC(C)(C)C)c4ccccc4)ccc3C)c(=O)[nH]c2cc1OC. The Morgan fingerprint density at radius 1 is 0.911 bits per heavy atom. The molecular formula is C36H40N2O7. The molecule has 9 heteroatoms. The molecule has 1 unspecified atom stereocenters. The molecule has 0 saturated heterocycles. The normalized spacial score (nSPS) is 12.0. The van der Waals surface area contributed by atoms with Crippen LogP contribution < -0.4 is 20.3 Å². The zero-order chi connectivity index (χ0) is 32.7. The number of methoxy groups -OCH3 is 2. The number of amides is 1. The third-order valence-corrected chi connectivity index (χ3v) is 7.46. The lowest BCUT2D eigenvalue weighted by Crippen LogP contribution is -2.23. The van der Waals surface area contributed by atoms with Gasteiger partial charge in [-0.1, -0.05) is 42.5 Å². The molecule has 1 heterocycles. The monoisotopic (exact) mass is 612 g/mol. The van der Waals surface area contributed by atoms with E-state index < -0.39 is 17.1 Å². The molecule has 1 atom stereocenters. The van der Waals surface area contributed by atoms with E-state index in [0.717, 1.165) is 11.1 Å². The van der Waals surface area contributed by atoms with Gasteiger partial charge in [0.15, 0.2) is 17.3 Å². The highest BCUT2D eigenvalue weighted by atomic mass is 16.6. The van der Waals surface area contributed by atoms with Gasteiger partial charge in [0.05, 0.1) is 19.7 Å². The number of carbonyl (C=O) groups is 3. The summed E-state index contributed by atoms with van der Waals surface area (Å²) >= 11 is 0. The number of ether oxygens (including phenoxy) is 3. The molecule has 0 radical (unpaired) electrons. The van der Waals surface area contributed by atoms with Crippen molar-refractivity contribution in [1.29, 1.82) is 0 Å². The molecule has 4 aromatic rings. The second-order valence-electron chi connectivity index (χ2n) is 12.0. The zero-order valence-corrected chi connectivity index (χ0v) is 26.6. The number of ketones is 1. The largest absolute Gasteiger partial charge is 0.493 e. The van der Waals surface area contributed by atoms with Crippen molar-refractivity contribution in [3.8, 4) is 11.5 Å². The van der Waals surface area contributed by atoms with Gasteiger partial charge in [-0.3, -0.25) is 19.2 Å². The van der Waals surface area contributed by atoms with Crippen molar-refractivity contribution < 1.29 is 28.6 Å². The number of esters is 1. The average Bonchev–Trinajstić information content (AvgIpc) is 3.00. The molecule has 0 saturated carbocycles. The Bertz CT molecular complexity index is 1750. The number of benzene rings is 3. The Kier molecular flexibility index (Phi) is 10.4. The van der Waals surface area contributed by atoms with Gasteiger partial charge in [-0.15, -0.1) is 0 Å². The first kappa shape index (κ1) is 33.0. The van der Waals surface area contributed by atoms with Crippen LogP contribution in [0.4, 0.5) is 5.69 Å². The third kappa shape index (κ3) is 8.59. The number of hydrogen-bond acceptors (Lipinski definition) is 7. The highest BCUT2D eigenvalue weighted by molar-refractivity contribution is 6.07. The van der Waals surface area contributed by atoms with Crippen molar-refractivity contribution in [2.45, 2.75) is 64.9 Å². The van der Waals surface area contributed by atoms with Gasteiger partial charge in [-0.05, 0) is 75.8 Å². The van der Waals surface area contributed by atoms with Gasteiger partial charge < -0.3 is 24.5 Å². The Morgan fingerprint density at radius 2 is 1.60 bits per heavy atom. The molecule has 4 rings (SSSR count). The lowest BCUT2D eigenvalue weighted by Gasteiger charge is -2.20. The van der Waals surface area contributed by atoms with Gasteiger partial charge in [0.25, 0.3) is 11.5 Å². The van der Waals surface area contributed by atoms with E-state index in [2.05, 4.69) is 10.3 Å². The van der Waals surface area contributed by atoms with Crippen LogP contribution in [0.15, 0.2) is 71.5 Å². The number of H-pyrrole nitrogens is 1. The molecule has 2 N–H and O–H groups in total. The van der Waals surface area contributed by atoms with Crippen LogP contribution in [-0.2, 0) is 9.53 Å². The first-order chi connectivity index (χ1) is 21.4. The number of fused-ring (bicyclic) bond motifs is 1. The molecule has 0 aliphatic rings. The van der Waals surface area contributed by atoms with Gasteiger partial charge in [0, 0.05) is 35.5 Å². The number of anilines is 1. The van der Waals surface area contributed by atoms with Gasteiger partial charge >= 0.3 is 5.97 Å². The van der Waals surface area contributed by atoms with Crippen molar-refractivity contribution >= 4 is 34.3 Å². The van der Waals surface area contributed by atoms with Crippen LogP contribution in [0.5, 0.6) is 11.5 Å². The van der Waals surface area contributed by atoms with E-state index in [0.29, 0.717) is 46.5 Å². The summed E-state index contributed by atoms with van der Waals surface area (Å²) < 4.78 is 16.1. The van der Waals surface area contributed by atoms with Crippen LogP contribution in [0.2, 0.25) is 0 Å². The summed E-state index contributed by atoms with van der Waals surface area (Å²) in [6, 6.07) is 19.7. The maximum atomic E-state index is 13.6. The summed E-state index contributed by atoms with van der Waals surface area (Å²) in [5.74, 6) is -0.154. The van der Waals surface area contributed by atoms with Crippen LogP contribution in [0, 0.1) is 6.92 Å². The van der Waals surface area contributed by atoms with Gasteiger partial charge in [-0.25, -0.2) is 0 Å². The van der Waals surface area contributed by atoms with Crippen molar-refractivity contribution in [2.75, 3.05) is 19.5 Å². The topological polar surface area (TPSA) is 124 Å². The van der Waals surface area contributed by atoms with E-state index in [1.54, 1.807) is 30.3 Å². The summed E-state index contributed by atoms with van der Waals surface area (Å²) in [5.41, 5.74) is 1.92. The van der Waals surface area contributed by atoms with E-state index in [1.165, 1.54) is 20.3 Å². The molecule has 1 amide bonds. The van der Waals surface area contributed by atoms with Crippen molar-refractivity contribution in [1.82, 2.24) is 4.98 Å². The smallest absolute Gasteiger partial charge is 0.306 e. The third-order valence-electron chi connectivity index (χ3n) is 7.46. The Balaban J connectivity index is 1.52. The van der Waals surface area contributed by atoms with Crippen LogP contribution in [0.1, 0.15) is 84.2 Å². The minimum Gasteiger partial charge on any atom is -0.493 e.